The lowest BCUT2D eigenvalue weighted by Crippen LogP contribution is -1.98. The first-order valence-corrected chi connectivity index (χ1v) is 3.29. The third-order valence-corrected chi connectivity index (χ3v) is 1.38. The topological polar surface area (TPSA) is 72.2 Å². The summed E-state index contributed by atoms with van der Waals surface area (Å²) in [7, 11) is 0. The first-order valence-electron chi connectivity index (χ1n) is 3.29. The summed E-state index contributed by atoms with van der Waals surface area (Å²) < 4.78 is 12.8. The Kier molecular flexibility index (Phi) is 2.53. The van der Waals surface area contributed by atoms with Crippen LogP contribution in [0.5, 0.6) is 0 Å². The number of carbonyl (C=O) groups excluding carboxylic acids is 1. The van der Waals surface area contributed by atoms with Crippen molar-refractivity contribution in [3.05, 3.63) is 34.1 Å². The Bertz CT molecular complexity index is 354. The van der Waals surface area contributed by atoms with Crippen molar-refractivity contribution in [2.45, 2.75) is 0 Å². The summed E-state index contributed by atoms with van der Waals surface area (Å²) in [5.41, 5.74) is -0.477. The fraction of sp³-hybridized carbons (Fsp3) is 0. The van der Waals surface area contributed by atoms with Crippen molar-refractivity contribution in [3.63, 3.8) is 0 Å². The Hall–Kier alpha value is -1.98. The van der Waals surface area contributed by atoms with Crippen LogP contribution < -0.4 is 5.32 Å². The number of carbonyl (C=O) groups is 1. The van der Waals surface area contributed by atoms with Crippen LogP contribution in [0.15, 0.2) is 18.2 Å². The van der Waals surface area contributed by atoms with Crippen LogP contribution in [0.4, 0.5) is 15.8 Å². The van der Waals surface area contributed by atoms with Crippen molar-refractivity contribution < 1.29 is 14.1 Å². The van der Waals surface area contributed by atoms with Crippen LogP contribution in [0, 0.1) is 15.9 Å². The van der Waals surface area contributed by atoms with Gasteiger partial charge in [0.25, 0.3) is 5.69 Å². The number of nitrogens with zero attached hydrogens (tertiary/aromatic N) is 1. The molecule has 0 atom stereocenters. The molecule has 0 fully saturated rings. The molecule has 5 nitrogen and oxygen atoms in total. The number of rotatable bonds is 3. The van der Waals surface area contributed by atoms with Gasteiger partial charge < -0.3 is 5.32 Å². The number of nitrogens with one attached hydrogen (secondary N) is 1. The van der Waals surface area contributed by atoms with Crippen LogP contribution in [-0.2, 0) is 4.79 Å². The van der Waals surface area contributed by atoms with Gasteiger partial charge in [-0.3, -0.25) is 14.9 Å². The molecule has 1 rings (SSSR count). The zero-order valence-electron chi connectivity index (χ0n) is 6.36. The van der Waals surface area contributed by atoms with Crippen LogP contribution in [0.25, 0.3) is 0 Å². The number of nitro benzene ring substituents is 1. The second-order valence-electron chi connectivity index (χ2n) is 2.18. The summed E-state index contributed by atoms with van der Waals surface area (Å²) in [6.45, 7) is 0. The van der Waals surface area contributed by atoms with Crippen molar-refractivity contribution in [2.75, 3.05) is 5.32 Å². The molecule has 0 aliphatic heterocycles. The number of amides is 1. The van der Waals surface area contributed by atoms with E-state index in [9.17, 15) is 19.3 Å². The van der Waals surface area contributed by atoms with E-state index >= 15 is 0 Å². The van der Waals surface area contributed by atoms with E-state index in [0.29, 0.717) is 0 Å². The zero-order valence-corrected chi connectivity index (χ0v) is 6.36. The van der Waals surface area contributed by atoms with Crippen LogP contribution in [0.3, 0.4) is 0 Å². The number of nitro groups is 1. The number of hydrogen-bond donors (Lipinski definition) is 1. The largest absolute Gasteiger partial charge is 0.326 e. The molecular weight excluding hydrogens is 179 g/mol. The molecule has 68 valence electrons. The van der Waals surface area contributed by atoms with Crippen LogP contribution in [0.2, 0.25) is 0 Å². The molecule has 1 N–H and O–H groups in total. The molecule has 0 saturated heterocycles. The number of non-ortho nitro benzene ring substituents is 1. The summed E-state index contributed by atoms with van der Waals surface area (Å²) in [5, 5.41) is 12.2. The first kappa shape index (κ1) is 9.11. The average Bonchev–Trinajstić information content (AvgIpc) is 2.08. The minimum atomic E-state index is -0.710. The van der Waals surface area contributed by atoms with Gasteiger partial charge in [0.15, 0.2) is 0 Å². The minimum Gasteiger partial charge on any atom is -0.326 e. The van der Waals surface area contributed by atoms with E-state index in [4.69, 9.17) is 0 Å². The Labute approximate surface area is 72.3 Å². The maximum Gasteiger partial charge on any atom is 0.271 e. The number of hydrogen-bond acceptors (Lipinski definition) is 3. The van der Waals surface area contributed by atoms with E-state index in [0.717, 1.165) is 18.2 Å². The smallest absolute Gasteiger partial charge is 0.271 e. The molecule has 0 spiro atoms. The lowest BCUT2D eigenvalue weighted by atomic mass is 10.2. The SMILES string of the molecule is O=CNc1cc([N+](=O)[O-])ccc1F. The van der Waals surface area contributed by atoms with E-state index in [1.54, 1.807) is 0 Å². The van der Waals surface area contributed by atoms with Crippen molar-refractivity contribution in [1.29, 1.82) is 0 Å². The van der Waals surface area contributed by atoms with Crippen molar-refractivity contribution in [1.82, 2.24) is 0 Å². The predicted octanol–water partition coefficient (Wildman–Crippen LogP) is 1.30. The molecule has 1 aromatic carbocycles. The highest BCUT2D eigenvalue weighted by Crippen LogP contribution is 2.20. The maximum atomic E-state index is 12.8. The summed E-state index contributed by atoms with van der Waals surface area (Å²) in [6.07, 6.45) is 0.252. The first-order chi connectivity index (χ1) is 6.15. The van der Waals surface area contributed by atoms with Gasteiger partial charge in [0, 0.05) is 12.1 Å². The van der Waals surface area contributed by atoms with Crippen LogP contribution >= 0.6 is 0 Å². The van der Waals surface area contributed by atoms with Gasteiger partial charge >= 0.3 is 0 Å². The highest BCUT2D eigenvalue weighted by molar-refractivity contribution is 5.72. The molecule has 0 saturated carbocycles. The Morgan fingerprint density at radius 1 is 1.54 bits per heavy atom. The fourth-order valence-electron chi connectivity index (χ4n) is 0.801. The van der Waals surface area contributed by atoms with Gasteiger partial charge in [-0.1, -0.05) is 0 Å². The second-order valence-corrected chi connectivity index (χ2v) is 2.18. The van der Waals surface area contributed by atoms with E-state index < -0.39 is 10.7 Å². The highest BCUT2D eigenvalue weighted by atomic mass is 19.1. The molecule has 0 unspecified atom stereocenters. The van der Waals surface area contributed by atoms with E-state index in [1.807, 2.05) is 5.32 Å². The number of halogens is 1. The summed E-state index contributed by atoms with van der Waals surface area (Å²) in [6, 6.07) is 2.89. The molecule has 13 heavy (non-hydrogen) atoms. The second kappa shape index (κ2) is 3.61. The van der Waals surface area contributed by atoms with Crippen molar-refractivity contribution in [3.8, 4) is 0 Å². The number of anilines is 1. The summed E-state index contributed by atoms with van der Waals surface area (Å²) >= 11 is 0. The minimum absolute atomic E-state index is 0.204. The molecule has 0 heterocycles. The molecule has 0 aromatic heterocycles. The molecule has 0 aliphatic carbocycles. The zero-order chi connectivity index (χ0) is 9.84. The van der Waals surface area contributed by atoms with Crippen molar-refractivity contribution >= 4 is 17.8 Å². The molecular formula is C7H5FN2O3. The molecule has 1 amide bonds. The van der Waals surface area contributed by atoms with Crippen LogP contribution in [-0.4, -0.2) is 11.3 Å². The van der Waals surface area contributed by atoms with Gasteiger partial charge in [-0.2, -0.15) is 0 Å². The number of benzene rings is 1. The highest BCUT2D eigenvalue weighted by Gasteiger charge is 2.09. The van der Waals surface area contributed by atoms with Crippen LogP contribution in [0.1, 0.15) is 0 Å². The third kappa shape index (κ3) is 1.98. The summed E-state index contributed by atoms with van der Waals surface area (Å²) in [5.74, 6) is -0.710. The van der Waals surface area contributed by atoms with Gasteiger partial charge in [-0.15, -0.1) is 0 Å². The maximum absolute atomic E-state index is 12.8. The molecule has 6 heteroatoms. The van der Waals surface area contributed by atoms with Gasteiger partial charge in [-0.05, 0) is 6.07 Å². The Morgan fingerprint density at radius 2 is 2.23 bits per heavy atom. The molecule has 0 aliphatic rings. The third-order valence-electron chi connectivity index (χ3n) is 1.38. The lowest BCUT2D eigenvalue weighted by Gasteiger charge is -1.99. The van der Waals surface area contributed by atoms with Gasteiger partial charge in [0.2, 0.25) is 6.41 Å². The van der Waals surface area contributed by atoms with Crippen molar-refractivity contribution in [2.24, 2.45) is 0 Å². The van der Waals surface area contributed by atoms with E-state index in [2.05, 4.69) is 0 Å². The standard InChI is InChI=1S/C7H5FN2O3/c8-6-2-1-5(10(12)13)3-7(6)9-4-11/h1-4H,(H,9,11). The predicted molar refractivity (Wildman–Crippen MR) is 42.7 cm³/mol. The Morgan fingerprint density at radius 3 is 2.77 bits per heavy atom. The lowest BCUT2D eigenvalue weighted by molar-refractivity contribution is -0.384. The van der Waals surface area contributed by atoms with Gasteiger partial charge in [0.05, 0.1) is 10.6 Å². The van der Waals surface area contributed by atoms with E-state index in [-0.39, 0.29) is 17.8 Å². The Balaban J connectivity index is 3.10. The average molecular weight is 184 g/mol. The normalized spacial score (nSPS) is 9.31. The van der Waals surface area contributed by atoms with Gasteiger partial charge in [-0.25, -0.2) is 4.39 Å². The quantitative estimate of drug-likeness (QED) is 0.437. The molecule has 0 bridgehead atoms. The van der Waals surface area contributed by atoms with E-state index in [1.165, 1.54) is 0 Å². The summed E-state index contributed by atoms with van der Waals surface area (Å²) in [4.78, 5) is 19.5. The fourth-order valence-corrected chi connectivity index (χ4v) is 0.801. The molecule has 1 aromatic rings. The monoisotopic (exact) mass is 184 g/mol. The van der Waals surface area contributed by atoms with Gasteiger partial charge in [0.1, 0.15) is 5.82 Å². The molecule has 0 radical (unpaired) electrons.